The topological polar surface area (TPSA) is 50.3 Å². The van der Waals surface area contributed by atoms with E-state index in [4.69, 9.17) is 4.74 Å². The number of anilines is 1. The van der Waals surface area contributed by atoms with Gasteiger partial charge in [-0.3, -0.25) is 0 Å². The average Bonchev–Trinajstić information content (AvgIpc) is 2.73. The predicted octanol–water partition coefficient (Wildman–Crippen LogP) is 1.38. The van der Waals surface area contributed by atoms with Crippen molar-refractivity contribution in [2.45, 2.75) is 25.8 Å². The van der Waals surface area contributed by atoms with Crippen LogP contribution in [0.2, 0.25) is 0 Å². The molecule has 1 aliphatic rings. The van der Waals surface area contributed by atoms with Crippen LogP contribution in [-0.4, -0.2) is 47.7 Å². The van der Waals surface area contributed by atoms with Gasteiger partial charge in [0.2, 0.25) is 5.88 Å². The number of hydrogen-bond donors (Lipinski definition) is 1. The smallest absolute Gasteiger partial charge is 0.218 e. The molecule has 1 aliphatic heterocycles. The molecule has 1 N–H and O–H groups in total. The number of likely N-dealkylation sites (N-methyl/N-ethyl adjacent to an activating group) is 1. The van der Waals surface area contributed by atoms with Crippen molar-refractivity contribution in [2.24, 2.45) is 0 Å². The fourth-order valence-corrected chi connectivity index (χ4v) is 1.97. The summed E-state index contributed by atoms with van der Waals surface area (Å²) in [7, 11) is 2.14. The van der Waals surface area contributed by atoms with Gasteiger partial charge in [0.05, 0.1) is 6.61 Å². The molecule has 2 heterocycles. The first kappa shape index (κ1) is 12.1. The fraction of sp³-hybridized carbons (Fsp3) is 0.667. The summed E-state index contributed by atoms with van der Waals surface area (Å²) in [6, 6.07) is 2.35. The molecule has 0 bridgehead atoms. The van der Waals surface area contributed by atoms with Gasteiger partial charge in [-0.05, 0) is 26.4 Å². The first-order valence-corrected chi connectivity index (χ1v) is 6.18. The first-order chi connectivity index (χ1) is 8.28. The molecule has 1 saturated heterocycles. The molecule has 0 saturated carbocycles. The summed E-state index contributed by atoms with van der Waals surface area (Å²) in [4.78, 5) is 10.6. The minimum atomic E-state index is 0.480. The third-order valence-electron chi connectivity index (χ3n) is 2.84. The normalized spacial score (nSPS) is 20.5. The van der Waals surface area contributed by atoms with E-state index < -0.39 is 0 Å². The summed E-state index contributed by atoms with van der Waals surface area (Å²) < 4.78 is 5.48. The summed E-state index contributed by atoms with van der Waals surface area (Å²) >= 11 is 0. The highest BCUT2D eigenvalue weighted by Crippen LogP contribution is 2.15. The zero-order chi connectivity index (χ0) is 12.1. The van der Waals surface area contributed by atoms with Crippen molar-refractivity contribution in [1.82, 2.24) is 14.9 Å². The molecule has 1 fully saturated rings. The third-order valence-corrected chi connectivity index (χ3v) is 2.84. The molecule has 1 aromatic heterocycles. The molecular formula is C12H20N4O. The number of likely N-dealkylation sites (tertiary alicyclic amines) is 1. The maximum absolute atomic E-state index is 5.48. The van der Waals surface area contributed by atoms with Gasteiger partial charge in [-0.2, -0.15) is 0 Å². The number of nitrogens with one attached hydrogen (secondary N) is 1. The number of hydrogen-bond acceptors (Lipinski definition) is 5. The van der Waals surface area contributed by atoms with Gasteiger partial charge < -0.3 is 15.0 Å². The molecule has 5 nitrogen and oxygen atoms in total. The van der Waals surface area contributed by atoms with E-state index in [1.165, 1.54) is 0 Å². The van der Waals surface area contributed by atoms with E-state index in [9.17, 15) is 0 Å². The monoisotopic (exact) mass is 236 g/mol. The van der Waals surface area contributed by atoms with Crippen LogP contribution < -0.4 is 10.1 Å². The Labute approximate surface area is 102 Å². The zero-order valence-corrected chi connectivity index (χ0v) is 10.5. The maximum Gasteiger partial charge on any atom is 0.218 e. The molecule has 1 unspecified atom stereocenters. The van der Waals surface area contributed by atoms with E-state index in [2.05, 4.69) is 34.2 Å². The molecule has 5 heteroatoms. The van der Waals surface area contributed by atoms with Crippen LogP contribution in [0.15, 0.2) is 12.4 Å². The standard InChI is InChI=1S/C12H20N4O/c1-3-6-17-12-7-11(13-9-14-12)15-10-4-5-16(2)8-10/h7,9-10H,3-6,8H2,1-2H3,(H,13,14,15). The second-order valence-corrected chi connectivity index (χ2v) is 4.48. The van der Waals surface area contributed by atoms with Crippen molar-refractivity contribution < 1.29 is 4.74 Å². The molecule has 17 heavy (non-hydrogen) atoms. The van der Waals surface area contributed by atoms with Crippen LogP contribution in [0.4, 0.5) is 5.82 Å². The second-order valence-electron chi connectivity index (χ2n) is 4.48. The van der Waals surface area contributed by atoms with Crippen LogP contribution in [0.25, 0.3) is 0 Å². The number of ether oxygens (including phenoxy) is 1. The Hall–Kier alpha value is -1.36. The Kier molecular flexibility index (Phi) is 4.14. The Morgan fingerprint density at radius 2 is 2.41 bits per heavy atom. The largest absolute Gasteiger partial charge is 0.478 e. The SMILES string of the molecule is CCCOc1cc(NC2CCN(C)C2)ncn1. The van der Waals surface area contributed by atoms with Crippen molar-refractivity contribution in [1.29, 1.82) is 0 Å². The quantitative estimate of drug-likeness (QED) is 0.837. The van der Waals surface area contributed by atoms with Gasteiger partial charge in [-0.1, -0.05) is 6.92 Å². The van der Waals surface area contributed by atoms with Gasteiger partial charge >= 0.3 is 0 Å². The summed E-state index contributed by atoms with van der Waals surface area (Å²) in [5.41, 5.74) is 0. The van der Waals surface area contributed by atoms with Crippen LogP contribution in [0.5, 0.6) is 5.88 Å². The van der Waals surface area contributed by atoms with E-state index in [1.54, 1.807) is 6.33 Å². The van der Waals surface area contributed by atoms with Gasteiger partial charge in [0, 0.05) is 18.7 Å². The Balaban J connectivity index is 1.91. The Morgan fingerprint density at radius 3 is 3.12 bits per heavy atom. The highest BCUT2D eigenvalue weighted by Gasteiger charge is 2.19. The van der Waals surface area contributed by atoms with E-state index in [0.717, 1.165) is 31.7 Å². The minimum absolute atomic E-state index is 0.480. The van der Waals surface area contributed by atoms with E-state index in [-0.39, 0.29) is 0 Å². The van der Waals surface area contributed by atoms with Gasteiger partial charge in [0.1, 0.15) is 12.1 Å². The predicted molar refractivity (Wildman–Crippen MR) is 67.3 cm³/mol. The maximum atomic E-state index is 5.48. The molecule has 94 valence electrons. The molecular weight excluding hydrogens is 216 g/mol. The molecule has 0 amide bonds. The van der Waals surface area contributed by atoms with Crippen molar-refractivity contribution in [3.05, 3.63) is 12.4 Å². The lowest BCUT2D eigenvalue weighted by molar-refractivity contribution is 0.305. The lowest BCUT2D eigenvalue weighted by Crippen LogP contribution is -2.24. The molecule has 0 spiro atoms. The van der Waals surface area contributed by atoms with Crippen LogP contribution >= 0.6 is 0 Å². The van der Waals surface area contributed by atoms with Gasteiger partial charge in [0.25, 0.3) is 0 Å². The first-order valence-electron chi connectivity index (χ1n) is 6.18. The summed E-state index contributed by atoms with van der Waals surface area (Å²) in [6.07, 6.45) is 3.69. The van der Waals surface area contributed by atoms with E-state index in [1.807, 2.05) is 6.07 Å². The highest BCUT2D eigenvalue weighted by molar-refractivity contribution is 5.38. The highest BCUT2D eigenvalue weighted by atomic mass is 16.5. The Bertz CT molecular complexity index is 358. The van der Waals surface area contributed by atoms with Crippen LogP contribution in [0.1, 0.15) is 19.8 Å². The average molecular weight is 236 g/mol. The van der Waals surface area contributed by atoms with Gasteiger partial charge in [-0.15, -0.1) is 0 Å². The summed E-state index contributed by atoms with van der Waals surface area (Å²) in [6.45, 7) is 4.98. The van der Waals surface area contributed by atoms with E-state index >= 15 is 0 Å². The van der Waals surface area contributed by atoms with Crippen molar-refractivity contribution in [2.75, 3.05) is 32.1 Å². The summed E-state index contributed by atoms with van der Waals surface area (Å²) in [5.74, 6) is 1.50. The van der Waals surface area contributed by atoms with Gasteiger partial charge in [0.15, 0.2) is 0 Å². The lowest BCUT2D eigenvalue weighted by atomic mass is 10.2. The fourth-order valence-electron chi connectivity index (χ4n) is 1.97. The van der Waals surface area contributed by atoms with Crippen LogP contribution in [0.3, 0.4) is 0 Å². The van der Waals surface area contributed by atoms with E-state index in [0.29, 0.717) is 18.5 Å². The zero-order valence-electron chi connectivity index (χ0n) is 10.5. The summed E-state index contributed by atoms with van der Waals surface area (Å²) in [5, 5.41) is 3.42. The Morgan fingerprint density at radius 1 is 1.53 bits per heavy atom. The third kappa shape index (κ3) is 3.56. The molecule has 1 atom stereocenters. The number of aromatic nitrogens is 2. The molecule has 2 rings (SSSR count). The van der Waals surface area contributed by atoms with Crippen molar-refractivity contribution >= 4 is 5.82 Å². The van der Waals surface area contributed by atoms with Crippen LogP contribution in [0, 0.1) is 0 Å². The van der Waals surface area contributed by atoms with Crippen molar-refractivity contribution in [3.8, 4) is 5.88 Å². The molecule has 1 aromatic rings. The van der Waals surface area contributed by atoms with Gasteiger partial charge in [-0.25, -0.2) is 9.97 Å². The second kappa shape index (κ2) is 5.82. The lowest BCUT2D eigenvalue weighted by Gasteiger charge is -2.13. The molecule has 0 aromatic carbocycles. The van der Waals surface area contributed by atoms with Crippen molar-refractivity contribution in [3.63, 3.8) is 0 Å². The minimum Gasteiger partial charge on any atom is -0.478 e. The van der Waals surface area contributed by atoms with Crippen LogP contribution in [-0.2, 0) is 0 Å². The number of nitrogens with zero attached hydrogens (tertiary/aromatic N) is 3. The molecule has 0 aliphatic carbocycles. The number of rotatable bonds is 5. The molecule has 0 radical (unpaired) electrons.